The lowest BCUT2D eigenvalue weighted by Gasteiger charge is -2.35. The number of benzene rings is 2. The van der Waals surface area contributed by atoms with Gasteiger partial charge in [-0.3, -0.25) is 0 Å². The number of pyridine rings is 1. The first-order chi connectivity index (χ1) is 16.6. The lowest BCUT2D eigenvalue weighted by atomic mass is 9.86. The van der Waals surface area contributed by atoms with Crippen molar-refractivity contribution in [3.8, 4) is 11.1 Å². The van der Waals surface area contributed by atoms with E-state index in [1.165, 1.54) is 22.4 Å². The molecule has 2 aromatic carbocycles. The van der Waals surface area contributed by atoms with Crippen LogP contribution in [0.15, 0.2) is 60.9 Å². The van der Waals surface area contributed by atoms with E-state index in [4.69, 9.17) is 0 Å². The molecular formula is C28H28N4O2. The van der Waals surface area contributed by atoms with Gasteiger partial charge in [-0.05, 0) is 78.3 Å². The Bertz CT molecular complexity index is 1380. The molecule has 4 heterocycles. The van der Waals surface area contributed by atoms with Crippen LogP contribution in [0.4, 0.5) is 10.5 Å². The summed E-state index contributed by atoms with van der Waals surface area (Å²) in [6, 6.07) is 17.1. The zero-order chi connectivity index (χ0) is 23.2. The maximum Gasteiger partial charge on any atom is 0.407 e. The highest BCUT2D eigenvalue weighted by molar-refractivity contribution is 5.84. The Labute approximate surface area is 198 Å². The van der Waals surface area contributed by atoms with Crippen molar-refractivity contribution in [2.45, 2.75) is 38.8 Å². The average Bonchev–Trinajstić information content (AvgIpc) is 3.51. The van der Waals surface area contributed by atoms with Gasteiger partial charge in [0.2, 0.25) is 0 Å². The molecular weight excluding hydrogens is 424 g/mol. The van der Waals surface area contributed by atoms with Gasteiger partial charge < -0.3 is 19.9 Å². The molecule has 2 aromatic heterocycles. The Morgan fingerprint density at radius 2 is 1.97 bits per heavy atom. The Morgan fingerprint density at radius 3 is 2.79 bits per heavy atom. The number of H-pyrrole nitrogens is 1. The highest BCUT2D eigenvalue weighted by Gasteiger charge is 2.33. The van der Waals surface area contributed by atoms with Gasteiger partial charge in [0.1, 0.15) is 5.65 Å². The minimum atomic E-state index is -0.830. The van der Waals surface area contributed by atoms with Crippen LogP contribution in [-0.2, 0) is 13.0 Å². The molecule has 6 nitrogen and oxygen atoms in total. The SMILES string of the molecule is Cc1c[nH]c2ncc(-c3cc4c(c([C@@H]5CCCN5C(=O)O)c3)CN(c3ccccc3)CC4)cc12. The fourth-order valence-corrected chi connectivity index (χ4v) is 5.63. The molecule has 2 aliphatic rings. The van der Waals surface area contributed by atoms with Crippen molar-refractivity contribution in [1.29, 1.82) is 0 Å². The van der Waals surface area contributed by atoms with Crippen molar-refractivity contribution in [2.24, 2.45) is 0 Å². The predicted octanol–water partition coefficient (Wildman–Crippen LogP) is 5.92. The number of rotatable bonds is 3. The van der Waals surface area contributed by atoms with E-state index in [1.807, 2.05) is 18.5 Å². The Balaban J connectivity index is 1.48. The summed E-state index contributed by atoms with van der Waals surface area (Å²) in [5.74, 6) is 0. The van der Waals surface area contributed by atoms with E-state index in [9.17, 15) is 9.90 Å². The van der Waals surface area contributed by atoms with Gasteiger partial charge in [0.05, 0.1) is 6.04 Å². The van der Waals surface area contributed by atoms with E-state index in [-0.39, 0.29) is 6.04 Å². The first-order valence-electron chi connectivity index (χ1n) is 12.0. The number of hydrogen-bond donors (Lipinski definition) is 2. The number of aromatic nitrogens is 2. The summed E-state index contributed by atoms with van der Waals surface area (Å²) < 4.78 is 0. The standard InChI is InChI=1S/C28H28N4O2/c1-18-15-29-27-23(18)14-21(16-30-27)20-12-19-9-11-31(22-6-3-2-4-7-22)17-25(19)24(13-20)26-8-5-10-32(26)28(33)34/h2-4,6-7,12-16,26H,5,8-11,17H2,1H3,(H,29,30)(H,33,34)/t26-/m0/s1. The van der Waals surface area contributed by atoms with Crippen LogP contribution in [0.3, 0.4) is 0 Å². The smallest absolute Gasteiger partial charge is 0.407 e. The second-order valence-electron chi connectivity index (χ2n) is 9.44. The van der Waals surface area contributed by atoms with E-state index in [2.05, 4.69) is 64.3 Å². The molecule has 0 bridgehead atoms. The van der Waals surface area contributed by atoms with Crippen LogP contribution < -0.4 is 4.90 Å². The zero-order valence-electron chi connectivity index (χ0n) is 19.3. The quantitative estimate of drug-likeness (QED) is 0.405. The maximum atomic E-state index is 12.1. The number of carbonyl (C=O) groups is 1. The Kier molecular flexibility index (Phi) is 5.01. The molecule has 0 aliphatic carbocycles. The summed E-state index contributed by atoms with van der Waals surface area (Å²) in [5.41, 5.74) is 9.23. The van der Waals surface area contributed by atoms with Crippen molar-refractivity contribution in [1.82, 2.24) is 14.9 Å². The fourth-order valence-electron chi connectivity index (χ4n) is 5.63. The van der Waals surface area contributed by atoms with Crippen LogP contribution >= 0.6 is 0 Å². The number of likely N-dealkylation sites (tertiary alicyclic amines) is 1. The summed E-state index contributed by atoms with van der Waals surface area (Å²) >= 11 is 0. The summed E-state index contributed by atoms with van der Waals surface area (Å²) in [6.07, 6.45) is 5.77. The molecule has 2 N–H and O–H groups in total. The van der Waals surface area contributed by atoms with Crippen molar-refractivity contribution in [3.63, 3.8) is 0 Å². The summed E-state index contributed by atoms with van der Waals surface area (Å²) in [4.78, 5) is 23.9. The summed E-state index contributed by atoms with van der Waals surface area (Å²) in [6.45, 7) is 4.43. The number of aromatic amines is 1. The molecule has 0 saturated carbocycles. The molecule has 0 spiro atoms. The molecule has 2 aliphatic heterocycles. The van der Waals surface area contributed by atoms with Crippen LogP contribution in [0.2, 0.25) is 0 Å². The molecule has 34 heavy (non-hydrogen) atoms. The first-order valence-corrected chi connectivity index (χ1v) is 12.0. The van der Waals surface area contributed by atoms with E-state index >= 15 is 0 Å². The van der Waals surface area contributed by atoms with E-state index in [0.29, 0.717) is 6.54 Å². The average molecular weight is 453 g/mol. The monoisotopic (exact) mass is 452 g/mol. The molecule has 1 amide bonds. The van der Waals surface area contributed by atoms with E-state index in [0.717, 1.165) is 60.1 Å². The van der Waals surface area contributed by atoms with Gasteiger partial charge in [0.25, 0.3) is 0 Å². The molecule has 6 heteroatoms. The number of aryl methyl sites for hydroxylation is 1. The zero-order valence-corrected chi connectivity index (χ0v) is 19.3. The molecule has 4 aromatic rings. The molecule has 6 rings (SSSR count). The topological polar surface area (TPSA) is 72.5 Å². The van der Waals surface area contributed by atoms with Crippen LogP contribution in [0.25, 0.3) is 22.2 Å². The Morgan fingerprint density at radius 1 is 1.12 bits per heavy atom. The maximum absolute atomic E-state index is 12.1. The summed E-state index contributed by atoms with van der Waals surface area (Å²) in [7, 11) is 0. The van der Waals surface area contributed by atoms with Gasteiger partial charge in [0.15, 0.2) is 0 Å². The second-order valence-corrected chi connectivity index (χ2v) is 9.44. The van der Waals surface area contributed by atoms with Gasteiger partial charge in [-0.1, -0.05) is 24.3 Å². The number of amides is 1. The van der Waals surface area contributed by atoms with Crippen LogP contribution in [0, 0.1) is 6.92 Å². The number of nitrogens with one attached hydrogen (secondary N) is 1. The third-order valence-corrected chi connectivity index (χ3v) is 7.43. The second kappa shape index (κ2) is 8.20. The largest absolute Gasteiger partial charge is 0.465 e. The number of nitrogens with zero attached hydrogens (tertiary/aromatic N) is 3. The van der Waals surface area contributed by atoms with Crippen molar-refractivity contribution < 1.29 is 9.90 Å². The van der Waals surface area contributed by atoms with E-state index < -0.39 is 6.09 Å². The van der Waals surface area contributed by atoms with Crippen molar-refractivity contribution in [3.05, 3.63) is 83.2 Å². The minimum absolute atomic E-state index is 0.104. The number of carboxylic acid groups (broad SMARTS) is 1. The van der Waals surface area contributed by atoms with Crippen LogP contribution in [-0.4, -0.2) is 39.2 Å². The lowest BCUT2D eigenvalue weighted by molar-refractivity contribution is 0.140. The number of fused-ring (bicyclic) bond motifs is 2. The van der Waals surface area contributed by atoms with Gasteiger partial charge >= 0.3 is 6.09 Å². The molecule has 1 atom stereocenters. The van der Waals surface area contributed by atoms with Gasteiger partial charge in [-0.15, -0.1) is 0 Å². The van der Waals surface area contributed by atoms with Crippen LogP contribution in [0.1, 0.15) is 41.1 Å². The molecule has 0 radical (unpaired) electrons. The van der Waals surface area contributed by atoms with Gasteiger partial charge in [0, 0.05) is 48.7 Å². The predicted molar refractivity (Wildman–Crippen MR) is 134 cm³/mol. The Hall–Kier alpha value is -3.80. The van der Waals surface area contributed by atoms with Crippen molar-refractivity contribution in [2.75, 3.05) is 18.0 Å². The normalized spacial score (nSPS) is 17.9. The minimum Gasteiger partial charge on any atom is -0.465 e. The van der Waals surface area contributed by atoms with Crippen molar-refractivity contribution >= 4 is 22.8 Å². The molecule has 1 fully saturated rings. The fraction of sp³-hybridized carbons (Fsp3) is 0.286. The first kappa shape index (κ1) is 20.8. The van der Waals surface area contributed by atoms with Crippen LogP contribution in [0.5, 0.6) is 0 Å². The third kappa shape index (κ3) is 3.50. The number of para-hydroxylation sites is 1. The van der Waals surface area contributed by atoms with Gasteiger partial charge in [-0.2, -0.15) is 0 Å². The molecule has 172 valence electrons. The number of anilines is 1. The van der Waals surface area contributed by atoms with Gasteiger partial charge in [-0.25, -0.2) is 9.78 Å². The van der Waals surface area contributed by atoms with E-state index in [1.54, 1.807) is 4.90 Å². The number of hydrogen-bond acceptors (Lipinski definition) is 3. The molecule has 1 saturated heterocycles. The highest BCUT2D eigenvalue weighted by Crippen LogP contribution is 2.40. The third-order valence-electron chi connectivity index (χ3n) is 7.43. The molecule has 0 unspecified atom stereocenters. The highest BCUT2D eigenvalue weighted by atomic mass is 16.4. The summed E-state index contributed by atoms with van der Waals surface area (Å²) in [5, 5.41) is 11.0. The lowest BCUT2D eigenvalue weighted by Crippen LogP contribution is -2.34.